The summed E-state index contributed by atoms with van der Waals surface area (Å²) in [5.74, 6) is 1.14. The van der Waals surface area contributed by atoms with Crippen molar-refractivity contribution >= 4 is 0 Å². The molecule has 0 amide bonds. The van der Waals surface area contributed by atoms with Gasteiger partial charge in [-0.25, -0.2) is 0 Å². The zero-order valence-electron chi connectivity index (χ0n) is 13.2. The number of aromatic hydroxyl groups is 1. The first-order valence-electron chi connectivity index (χ1n) is 7.73. The molecular formula is C21H20O2. The van der Waals surface area contributed by atoms with Crippen molar-refractivity contribution in [2.75, 3.05) is 7.11 Å². The van der Waals surface area contributed by atoms with Gasteiger partial charge in [-0.1, -0.05) is 60.7 Å². The van der Waals surface area contributed by atoms with E-state index in [9.17, 15) is 5.11 Å². The maximum Gasteiger partial charge on any atom is 0.122 e. The summed E-state index contributed by atoms with van der Waals surface area (Å²) in [6.07, 6.45) is 1.37. The molecule has 0 fully saturated rings. The summed E-state index contributed by atoms with van der Waals surface area (Å²) in [4.78, 5) is 0. The van der Waals surface area contributed by atoms with Gasteiger partial charge in [-0.05, 0) is 23.3 Å². The minimum Gasteiger partial charge on any atom is -0.507 e. The van der Waals surface area contributed by atoms with Crippen molar-refractivity contribution in [2.24, 2.45) is 0 Å². The van der Waals surface area contributed by atoms with Gasteiger partial charge in [-0.3, -0.25) is 0 Å². The quantitative estimate of drug-likeness (QED) is 0.747. The molecule has 2 heteroatoms. The molecule has 0 aliphatic carbocycles. The molecule has 3 aromatic carbocycles. The molecule has 23 heavy (non-hydrogen) atoms. The Morgan fingerprint density at radius 3 is 1.57 bits per heavy atom. The Balaban J connectivity index is 1.95. The molecular weight excluding hydrogens is 284 g/mol. The van der Waals surface area contributed by atoms with E-state index < -0.39 is 0 Å². The number of rotatable bonds is 5. The summed E-state index contributed by atoms with van der Waals surface area (Å²) in [6.45, 7) is 0. The van der Waals surface area contributed by atoms with Gasteiger partial charge < -0.3 is 9.84 Å². The minimum absolute atomic E-state index is 0.360. The van der Waals surface area contributed by atoms with E-state index >= 15 is 0 Å². The fourth-order valence-electron chi connectivity index (χ4n) is 2.75. The molecule has 0 unspecified atom stereocenters. The summed E-state index contributed by atoms with van der Waals surface area (Å²) in [5, 5.41) is 10.7. The summed E-state index contributed by atoms with van der Waals surface area (Å²) in [5.41, 5.74) is 4.12. The number of hydrogen-bond acceptors (Lipinski definition) is 2. The Morgan fingerprint density at radius 2 is 1.17 bits per heavy atom. The van der Waals surface area contributed by atoms with Crippen LogP contribution in [0, 0.1) is 0 Å². The standard InChI is InChI=1S/C21H20O2/c1-23-20-14-18(12-16-8-4-2-5-9-16)21(22)19(15-20)13-17-10-6-3-7-11-17/h2-11,14-15,22H,12-13H2,1H3. The summed E-state index contributed by atoms with van der Waals surface area (Å²) >= 11 is 0. The van der Waals surface area contributed by atoms with Crippen LogP contribution in [0.5, 0.6) is 11.5 Å². The van der Waals surface area contributed by atoms with Crippen molar-refractivity contribution in [3.05, 3.63) is 95.1 Å². The van der Waals surface area contributed by atoms with Crippen molar-refractivity contribution in [1.82, 2.24) is 0 Å². The number of phenolic OH excluding ortho intramolecular Hbond substituents is 1. The van der Waals surface area contributed by atoms with Crippen molar-refractivity contribution in [3.63, 3.8) is 0 Å². The predicted octanol–water partition coefficient (Wildman–Crippen LogP) is 4.58. The lowest BCUT2D eigenvalue weighted by atomic mass is 9.97. The highest BCUT2D eigenvalue weighted by Gasteiger charge is 2.12. The van der Waals surface area contributed by atoms with Crippen LogP contribution in [0.2, 0.25) is 0 Å². The Hall–Kier alpha value is -2.74. The van der Waals surface area contributed by atoms with Gasteiger partial charge in [-0.15, -0.1) is 0 Å². The minimum atomic E-state index is 0.360. The van der Waals surface area contributed by atoms with Crippen LogP contribution >= 0.6 is 0 Å². The second-order valence-electron chi connectivity index (χ2n) is 5.62. The SMILES string of the molecule is COc1cc(Cc2ccccc2)c(O)c(Cc2ccccc2)c1. The van der Waals surface area contributed by atoms with Gasteiger partial charge >= 0.3 is 0 Å². The van der Waals surface area contributed by atoms with Crippen LogP contribution in [0.3, 0.4) is 0 Å². The molecule has 0 spiro atoms. The van der Waals surface area contributed by atoms with Crippen molar-refractivity contribution in [3.8, 4) is 11.5 Å². The van der Waals surface area contributed by atoms with Gasteiger partial charge in [0, 0.05) is 24.0 Å². The summed E-state index contributed by atoms with van der Waals surface area (Å²) in [6, 6.07) is 24.1. The predicted molar refractivity (Wildman–Crippen MR) is 93.2 cm³/mol. The average Bonchev–Trinajstić information content (AvgIpc) is 2.60. The van der Waals surface area contributed by atoms with Crippen LogP contribution in [0.1, 0.15) is 22.3 Å². The van der Waals surface area contributed by atoms with E-state index in [1.807, 2.05) is 48.5 Å². The highest BCUT2D eigenvalue weighted by molar-refractivity contribution is 5.49. The maximum atomic E-state index is 10.7. The average molecular weight is 304 g/mol. The number of ether oxygens (including phenoxy) is 1. The number of phenols is 1. The first-order valence-corrected chi connectivity index (χ1v) is 7.73. The highest BCUT2D eigenvalue weighted by Crippen LogP contribution is 2.31. The molecule has 116 valence electrons. The Kier molecular flexibility index (Phi) is 4.62. The molecule has 0 bridgehead atoms. The molecule has 3 aromatic rings. The van der Waals surface area contributed by atoms with Crippen LogP contribution in [0.25, 0.3) is 0 Å². The van der Waals surface area contributed by atoms with E-state index in [-0.39, 0.29) is 0 Å². The molecule has 0 aromatic heterocycles. The molecule has 0 saturated carbocycles. The second kappa shape index (κ2) is 7.01. The van der Waals surface area contributed by atoms with Gasteiger partial charge in [0.15, 0.2) is 0 Å². The number of hydrogen-bond donors (Lipinski definition) is 1. The van der Waals surface area contributed by atoms with Gasteiger partial charge in [-0.2, -0.15) is 0 Å². The zero-order chi connectivity index (χ0) is 16.1. The highest BCUT2D eigenvalue weighted by atomic mass is 16.5. The lowest BCUT2D eigenvalue weighted by Gasteiger charge is -2.13. The fourth-order valence-corrected chi connectivity index (χ4v) is 2.75. The monoisotopic (exact) mass is 304 g/mol. The van der Waals surface area contributed by atoms with Gasteiger partial charge in [0.25, 0.3) is 0 Å². The zero-order valence-corrected chi connectivity index (χ0v) is 13.2. The van der Waals surface area contributed by atoms with Crippen molar-refractivity contribution < 1.29 is 9.84 Å². The van der Waals surface area contributed by atoms with Gasteiger partial charge in [0.2, 0.25) is 0 Å². The lowest BCUT2D eigenvalue weighted by molar-refractivity contribution is 0.409. The van der Waals surface area contributed by atoms with Crippen LogP contribution in [-0.2, 0) is 12.8 Å². The van der Waals surface area contributed by atoms with Gasteiger partial charge in [0.1, 0.15) is 11.5 Å². The van der Waals surface area contributed by atoms with E-state index in [1.54, 1.807) is 7.11 Å². The first kappa shape index (κ1) is 15.2. The van der Waals surface area contributed by atoms with E-state index in [1.165, 1.54) is 11.1 Å². The Labute approximate surface area is 137 Å². The van der Waals surface area contributed by atoms with Crippen molar-refractivity contribution in [1.29, 1.82) is 0 Å². The van der Waals surface area contributed by atoms with Gasteiger partial charge in [0.05, 0.1) is 7.11 Å². The molecule has 0 atom stereocenters. The van der Waals surface area contributed by atoms with Crippen LogP contribution in [0.4, 0.5) is 0 Å². The third-order valence-corrected chi connectivity index (χ3v) is 3.95. The summed E-state index contributed by atoms with van der Waals surface area (Å²) < 4.78 is 5.41. The molecule has 0 saturated heterocycles. The second-order valence-corrected chi connectivity index (χ2v) is 5.62. The third-order valence-electron chi connectivity index (χ3n) is 3.95. The molecule has 0 aliphatic rings. The smallest absolute Gasteiger partial charge is 0.122 e. The van der Waals surface area contributed by atoms with E-state index in [4.69, 9.17) is 4.74 Å². The van der Waals surface area contributed by atoms with E-state index in [0.29, 0.717) is 18.6 Å². The molecule has 0 radical (unpaired) electrons. The molecule has 2 nitrogen and oxygen atoms in total. The molecule has 1 N–H and O–H groups in total. The van der Waals surface area contributed by atoms with E-state index in [2.05, 4.69) is 24.3 Å². The number of benzene rings is 3. The molecule has 0 heterocycles. The Morgan fingerprint density at radius 1 is 0.739 bits per heavy atom. The normalized spacial score (nSPS) is 10.5. The molecule has 3 rings (SSSR count). The van der Waals surface area contributed by atoms with Crippen molar-refractivity contribution in [2.45, 2.75) is 12.8 Å². The topological polar surface area (TPSA) is 29.5 Å². The van der Waals surface area contributed by atoms with Crippen LogP contribution < -0.4 is 4.74 Å². The molecule has 0 aliphatic heterocycles. The van der Waals surface area contributed by atoms with Crippen LogP contribution in [-0.4, -0.2) is 12.2 Å². The van der Waals surface area contributed by atoms with E-state index in [0.717, 1.165) is 16.9 Å². The number of methoxy groups -OCH3 is 1. The fraction of sp³-hybridized carbons (Fsp3) is 0.143. The first-order chi connectivity index (χ1) is 11.3. The largest absolute Gasteiger partial charge is 0.507 e. The lowest BCUT2D eigenvalue weighted by Crippen LogP contribution is -1.97. The third kappa shape index (κ3) is 3.72. The summed E-state index contributed by atoms with van der Waals surface area (Å²) in [7, 11) is 1.66. The Bertz CT molecular complexity index is 702. The van der Waals surface area contributed by atoms with Crippen LogP contribution in [0.15, 0.2) is 72.8 Å². The maximum absolute atomic E-state index is 10.7.